The molecular formula is C10H14N2O5S. The molecule has 8 heteroatoms. The van der Waals surface area contributed by atoms with Crippen LogP contribution in [0.5, 0.6) is 5.75 Å². The smallest absolute Gasteiger partial charge is 0.321 e. The molecule has 100 valence electrons. The molecule has 1 aromatic heterocycles. The first-order valence-electron chi connectivity index (χ1n) is 5.00. The fraction of sp³-hybridized carbons (Fsp3) is 0.400. The van der Waals surface area contributed by atoms with Gasteiger partial charge in [-0.05, 0) is 6.92 Å². The van der Waals surface area contributed by atoms with Crippen molar-refractivity contribution in [3.05, 3.63) is 18.5 Å². The highest BCUT2D eigenvalue weighted by Crippen LogP contribution is 2.19. The molecule has 0 amide bonds. The Hall–Kier alpha value is -1.67. The van der Waals surface area contributed by atoms with E-state index in [-0.39, 0.29) is 10.6 Å². The molecule has 7 nitrogen and oxygen atoms in total. The maximum absolute atomic E-state index is 12.1. The molecule has 0 aliphatic rings. The molecule has 18 heavy (non-hydrogen) atoms. The van der Waals surface area contributed by atoms with Crippen molar-refractivity contribution >= 4 is 16.0 Å². The highest BCUT2D eigenvalue weighted by molar-refractivity contribution is 7.89. The number of aliphatic carboxylic acids is 1. The van der Waals surface area contributed by atoms with E-state index in [9.17, 15) is 13.2 Å². The lowest BCUT2D eigenvalue weighted by atomic mass is 10.4. The second kappa shape index (κ2) is 5.32. The van der Waals surface area contributed by atoms with Crippen molar-refractivity contribution in [1.29, 1.82) is 0 Å². The molecule has 0 aliphatic heterocycles. The summed E-state index contributed by atoms with van der Waals surface area (Å²) in [6.45, 7) is 1.29. The molecule has 0 aliphatic carbocycles. The van der Waals surface area contributed by atoms with Crippen LogP contribution >= 0.6 is 0 Å². The lowest BCUT2D eigenvalue weighted by Crippen LogP contribution is -2.40. The van der Waals surface area contributed by atoms with Crippen LogP contribution in [0.2, 0.25) is 0 Å². The number of pyridine rings is 1. The summed E-state index contributed by atoms with van der Waals surface area (Å²) in [4.78, 5) is 14.4. The molecule has 0 spiro atoms. The Morgan fingerprint density at radius 1 is 1.50 bits per heavy atom. The quantitative estimate of drug-likeness (QED) is 0.823. The number of hydrogen-bond acceptors (Lipinski definition) is 5. The molecule has 1 unspecified atom stereocenters. The lowest BCUT2D eigenvalue weighted by molar-refractivity contribution is -0.140. The van der Waals surface area contributed by atoms with E-state index < -0.39 is 22.0 Å². The summed E-state index contributed by atoms with van der Waals surface area (Å²) in [6.07, 6.45) is 2.50. The number of carbonyl (C=O) groups is 1. The summed E-state index contributed by atoms with van der Waals surface area (Å²) in [5.74, 6) is -0.940. The molecule has 0 bridgehead atoms. The van der Waals surface area contributed by atoms with Crippen LogP contribution in [0.15, 0.2) is 23.4 Å². The Balaban J connectivity index is 3.16. The molecule has 1 heterocycles. The van der Waals surface area contributed by atoms with Crippen molar-refractivity contribution in [3.63, 3.8) is 0 Å². The number of sulfonamides is 1. The molecular weight excluding hydrogens is 260 g/mol. The first kappa shape index (κ1) is 14.4. The summed E-state index contributed by atoms with van der Waals surface area (Å²) < 4.78 is 29.9. The van der Waals surface area contributed by atoms with Gasteiger partial charge in [-0.2, -0.15) is 4.31 Å². The Morgan fingerprint density at radius 2 is 2.11 bits per heavy atom. The predicted octanol–water partition coefficient (Wildman–Crippen LogP) is 0.184. The molecule has 0 aromatic carbocycles. The third-order valence-electron chi connectivity index (χ3n) is 2.50. The maximum Gasteiger partial charge on any atom is 0.321 e. The van der Waals surface area contributed by atoms with E-state index in [2.05, 4.69) is 4.98 Å². The number of aromatic nitrogens is 1. The standard InChI is InChI=1S/C10H14N2O5S/c1-7(10(13)14)12(2)18(15,16)9-4-8(17-3)5-11-6-9/h4-7H,1-3H3,(H,13,14). The fourth-order valence-corrected chi connectivity index (χ4v) is 2.48. The molecule has 1 rings (SSSR count). The van der Waals surface area contributed by atoms with E-state index in [1.54, 1.807) is 0 Å². The van der Waals surface area contributed by atoms with Crippen LogP contribution in [0.3, 0.4) is 0 Å². The zero-order valence-corrected chi connectivity index (χ0v) is 11.0. The molecule has 0 saturated heterocycles. The van der Waals surface area contributed by atoms with E-state index in [0.29, 0.717) is 0 Å². The second-order valence-corrected chi connectivity index (χ2v) is 5.59. The van der Waals surface area contributed by atoms with Crippen LogP contribution in [0, 0.1) is 0 Å². The van der Waals surface area contributed by atoms with Gasteiger partial charge in [0.1, 0.15) is 16.7 Å². The lowest BCUT2D eigenvalue weighted by Gasteiger charge is -2.20. The number of hydrogen-bond donors (Lipinski definition) is 1. The predicted molar refractivity (Wildman–Crippen MR) is 62.8 cm³/mol. The first-order valence-corrected chi connectivity index (χ1v) is 6.44. The Morgan fingerprint density at radius 3 is 2.61 bits per heavy atom. The summed E-state index contributed by atoms with van der Waals surface area (Å²) in [7, 11) is -1.32. The molecule has 1 aromatic rings. The number of rotatable bonds is 5. The van der Waals surface area contributed by atoms with Crippen LogP contribution < -0.4 is 4.74 Å². The van der Waals surface area contributed by atoms with E-state index in [1.807, 2.05) is 0 Å². The summed E-state index contributed by atoms with van der Waals surface area (Å²) in [5.41, 5.74) is 0. The first-order chi connectivity index (χ1) is 8.30. The van der Waals surface area contributed by atoms with Crippen molar-refractivity contribution in [2.45, 2.75) is 17.9 Å². The number of nitrogens with zero attached hydrogens (tertiary/aromatic N) is 2. The average Bonchev–Trinajstić information content (AvgIpc) is 2.36. The van der Waals surface area contributed by atoms with Crippen LogP contribution in [-0.4, -0.2) is 49.0 Å². The fourth-order valence-electron chi connectivity index (χ4n) is 1.18. The van der Waals surface area contributed by atoms with Crippen molar-refractivity contribution in [1.82, 2.24) is 9.29 Å². The summed E-state index contributed by atoms with van der Waals surface area (Å²) in [5, 5.41) is 8.82. The Kier molecular flexibility index (Phi) is 4.25. The van der Waals surface area contributed by atoms with Gasteiger partial charge in [-0.15, -0.1) is 0 Å². The zero-order chi connectivity index (χ0) is 13.9. The van der Waals surface area contributed by atoms with Gasteiger partial charge in [-0.3, -0.25) is 9.78 Å². The van der Waals surface area contributed by atoms with Gasteiger partial charge < -0.3 is 9.84 Å². The van der Waals surface area contributed by atoms with E-state index in [4.69, 9.17) is 9.84 Å². The van der Waals surface area contributed by atoms with Gasteiger partial charge in [-0.1, -0.05) is 0 Å². The minimum absolute atomic E-state index is 0.113. The molecule has 0 saturated carbocycles. The third kappa shape index (κ3) is 2.77. The van der Waals surface area contributed by atoms with Crippen molar-refractivity contribution in [2.75, 3.05) is 14.2 Å². The van der Waals surface area contributed by atoms with E-state index in [0.717, 1.165) is 10.5 Å². The highest BCUT2D eigenvalue weighted by atomic mass is 32.2. The van der Waals surface area contributed by atoms with E-state index >= 15 is 0 Å². The normalized spacial score (nSPS) is 13.3. The van der Waals surface area contributed by atoms with Crippen molar-refractivity contribution in [2.24, 2.45) is 0 Å². The average molecular weight is 274 g/mol. The minimum Gasteiger partial charge on any atom is -0.495 e. The van der Waals surface area contributed by atoms with Gasteiger partial charge in [0.25, 0.3) is 0 Å². The number of carboxylic acids is 1. The van der Waals surface area contributed by atoms with Gasteiger partial charge in [-0.25, -0.2) is 8.42 Å². The number of ether oxygens (including phenoxy) is 1. The number of carboxylic acid groups (broad SMARTS) is 1. The van der Waals surface area contributed by atoms with Crippen molar-refractivity contribution < 1.29 is 23.1 Å². The number of methoxy groups -OCH3 is 1. The molecule has 1 N–H and O–H groups in total. The second-order valence-electron chi connectivity index (χ2n) is 3.60. The van der Waals surface area contributed by atoms with Gasteiger partial charge in [0.05, 0.1) is 13.3 Å². The van der Waals surface area contributed by atoms with E-state index in [1.165, 1.54) is 33.3 Å². The Labute approximate surface area is 105 Å². The monoisotopic (exact) mass is 274 g/mol. The third-order valence-corrected chi connectivity index (χ3v) is 4.40. The molecule has 0 radical (unpaired) electrons. The molecule has 1 atom stereocenters. The molecule has 0 fully saturated rings. The SMILES string of the molecule is COc1cncc(S(=O)(=O)N(C)C(C)C(=O)O)c1. The maximum atomic E-state index is 12.1. The Bertz CT molecular complexity index is 543. The number of likely N-dealkylation sites (N-methyl/N-ethyl adjacent to an activating group) is 1. The minimum atomic E-state index is -3.91. The summed E-state index contributed by atoms with van der Waals surface area (Å²) >= 11 is 0. The van der Waals surface area contributed by atoms with Gasteiger partial charge in [0, 0.05) is 19.3 Å². The van der Waals surface area contributed by atoms with Crippen LogP contribution in [0.4, 0.5) is 0 Å². The van der Waals surface area contributed by atoms with Gasteiger partial charge in [0.2, 0.25) is 10.0 Å². The van der Waals surface area contributed by atoms with Crippen LogP contribution in [0.25, 0.3) is 0 Å². The highest BCUT2D eigenvalue weighted by Gasteiger charge is 2.29. The zero-order valence-electron chi connectivity index (χ0n) is 10.2. The summed E-state index contributed by atoms with van der Waals surface area (Å²) in [6, 6.07) is 0.120. The van der Waals surface area contributed by atoms with Crippen LogP contribution in [-0.2, 0) is 14.8 Å². The van der Waals surface area contributed by atoms with Crippen LogP contribution in [0.1, 0.15) is 6.92 Å². The topological polar surface area (TPSA) is 96.8 Å². The largest absolute Gasteiger partial charge is 0.495 e. The van der Waals surface area contributed by atoms with Crippen molar-refractivity contribution in [3.8, 4) is 5.75 Å². The van der Waals surface area contributed by atoms with Gasteiger partial charge >= 0.3 is 5.97 Å². The van der Waals surface area contributed by atoms with Gasteiger partial charge in [0.15, 0.2) is 0 Å².